The van der Waals surface area contributed by atoms with E-state index >= 15 is 0 Å². The number of piperazine rings is 1. The van der Waals surface area contributed by atoms with Gasteiger partial charge in [0.05, 0.1) is 4.90 Å². The third kappa shape index (κ3) is 8.80. The number of alkyl carbamates (subject to hydrolysis) is 1. The Hall–Kier alpha value is -3.81. The maximum atomic E-state index is 13.5. The predicted molar refractivity (Wildman–Crippen MR) is 184 cm³/mol. The number of carbonyl (C=O) groups excluding carboxylic acids is 4. The largest absolute Gasteiger partial charge is 0.444 e. The summed E-state index contributed by atoms with van der Waals surface area (Å²) in [6.07, 6.45) is 2.30. The van der Waals surface area contributed by atoms with E-state index in [1.807, 2.05) is 55.4 Å². The van der Waals surface area contributed by atoms with Gasteiger partial charge in [0, 0.05) is 83.1 Å². The average molecular weight is 681 g/mol. The summed E-state index contributed by atoms with van der Waals surface area (Å²) in [5.41, 5.74) is 3.13. The Morgan fingerprint density at radius 2 is 1.77 bits per heavy atom. The highest BCUT2D eigenvalue weighted by Crippen LogP contribution is 2.30. The van der Waals surface area contributed by atoms with Crippen LogP contribution in [0, 0.1) is 0 Å². The SMILES string of the molecule is CNC(=O)C(CCC=O)N1Cc2cc(N3CCN(Cc4cccc(S(=O)N5CCC(NC(=O)OC(C)(C)C)CC5)c4)CC3)ccc2C1=O. The Morgan fingerprint density at radius 3 is 2.44 bits per heavy atom. The van der Waals surface area contributed by atoms with E-state index in [0.29, 0.717) is 44.5 Å². The number of ether oxygens (including phenoxy) is 1. The third-order valence-corrected chi connectivity index (χ3v) is 10.5. The lowest BCUT2D eigenvalue weighted by molar-refractivity contribution is -0.125. The first kappa shape index (κ1) is 35.5. The van der Waals surface area contributed by atoms with Gasteiger partial charge in [0.2, 0.25) is 5.91 Å². The number of hydrogen-bond donors (Lipinski definition) is 2. The minimum atomic E-state index is -1.28. The van der Waals surface area contributed by atoms with Crippen LogP contribution >= 0.6 is 0 Å². The van der Waals surface area contributed by atoms with Crippen LogP contribution in [0.15, 0.2) is 47.4 Å². The fraction of sp³-hybridized carbons (Fsp3) is 0.543. The molecule has 12 nitrogen and oxygen atoms in total. The molecule has 0 radical (unpaired) electrons. The van der Waals surface area contributed by atoms with E-state index < -0.39 is 28.7 Å². The van der Waals surface area contributed by atoms with Gasteiger partial charge in [0.15, 0.2) is 0 Å². The number of carbonyl (C=O) groups is 4. The molecule has 13 heteroatoms. The Balaban J connectivity index is 1.12. The minimum absolute atomic E-state index is 0.00712. The molecule has 5 rings (SSSR count). The van der Waals surface area contributed by atoms with Gasteiger partial charge < -0.3 is 30.0 Å². The standard InChI is InChI=1S/C35H48N6O6S/c1-35(2,3)47-34(45)37-27-12-14-40(15-13-27)48(46)29-8-5-7-25(21-29)23-38-16-18-39(19-17-38)28-10-11-30-26(22-28)24-41(33(30)44)31(9-6-20-42)32(43)36-4/h5,7-8,10-11,20-22,27,31H,6,9,12-19,23-24H2,1-4H3,(H,36,43)(H,37,45). The van der Waals surface area contributed by atoms with Crippen LogP contribution in [0.2, 0.25) is 0 Å². The van der Waals surface area contributed by atoms with E-state index in [0.717, 1.165) is 60.7 Å². The van der Waals surface area contributed by atoms with Gasteiger partial charge in [-0.05, 0) is 81.5 Å². The molecule has 2 aromatic carbocycles. The van der Waals surface area contributed by atoms with E-state index in [-0.39, 0.29) is 24.3 Å². The number of aldehydes is 1. The van der Waals surface area contributed by atoms with E-state index in [9.17, 15) is 23.4 Å². The summed E-state index contributed by atoms with van der Waals surface area (Å²) in [5.74, 6) is -0.441. The van der Waals surface area contributed by atoms with Crippen molar-refractivity contribution >= 4 is 40.9 Å². The molecule has 3 aliphatic rings. The number of amides is 3. The van der Waals surface area contributed by atoms with Crippen LogP contribution in [0.25, 0.3) is 0 Å². The van der Waals surface area contributed by atoms with E-state index in [1.165, 1.54) is 0 Å². The predicted octanol–water partition coefficient (Wildman–Crippen LogP) is 3.07. The molecule has 0 saturated carbocycles. The highest BCUT2D eigenvalue weighted by Gasteiger charge is 2.36. The summed E-state index contributed by atoms with van der Waals surface area (Å²) >= 11 is 0. The van der Waals surface area contributed by atoms with Crippen molar-refractivity contribution < 1.29 is 28.1 Å². The number of anilines is 1. The molecular weight excluding hydrogens is 632 g/mol. The number of nitrogens with zero attached hydrogens (tertiary/aromatic N) is 4. The van der Waals surface area contributed by atoms with Gasteiger partial charge in [0.1, 0.15) is 28.9 Å². The van der Waals surface area contributed by atoms with Crippen LogP contribution in [0.1, 0.15) is 67.9 Å². The van der Waals surface area contributed by atoms with Crippen LogP contribution < -0.4 is 15.5 Å². The van der Waals surface area contributed by atoms with Crippen molar-refractivity contribution in [2.75, 3.05) is 51.2 Å². The maximum Gasteiger partial charge on any atom is 0.407 e. The zero-order valence-corrected chi connectivity index (χ0v) is 29.2. The summed E-state index contributed by atoms with van der Waals surface area (Å²) in [5, 5.41) is 5.56. The molecular formula is C35H48N6O6S. The summed E-state index contributed by atoms with van der Waals surface area (Å²) in [6, 6.07) is 13.2. The Kier molecular flexibility index (Phi) is 11.5. The monoisotopic (exact) mass is 680 g/mol. The van der Waals surface area contributed by atoms with E-state index in [4.69, 9.17) is 4.74 Å². The molecule has 2 atom stereocenters. The smallest absolute Gasteiger partial charge is 0.407 e. The first-order valence-corrected chi connectivity index (χ1v) is 17.9. The summed E-state index contributed by atoms with van der Waals surface area (Å²) in [4.78, 5) is 55.9. The number of hydrogen-bond acceptors (Lipinski definition) is 8. The van der Waals surface area contributed by atoms with E-state index in [2.05, 4.69) is 32.6 Å². The number of rotatable bonds is 11. The molecule has 0 aromatic heterocycles. The minimum Gasteiger partial charge on any atom is -0.444 e. The van der Waals surface area contributed by atoms with Crippen molar-refractivity contribution in [1.82, 2.24) is 24.7 Å². The van der Waals surface area contributed by atoms with Crippen LogP contribution in [0.4, 0.5) is 10.5 Å². The van der Waals surface area contributed by atoms with Gasteiger partial charge in [-0.2, -0.15) is 0 Å². The third-order valence-electron chi connectivity index (χ3n) is 9.06. The van der Waals surface area contributed by atoms with Crippen LogP contribution in [0.5, 0.6) is 0 Å². The van der Waals surface area contributed by atoms with Crippen molar-refractivity contribution in [1.29, 1.82) is 0 Å². The van der Waals surface area contributed by atoms with Crippen molar-refractivity contribution in [2.24, 2.45) is 0 Å². The number of nitrogens with one attached hydrogen (secondary N) is 2. The number of benzene rings is 2. The van der Waals surface area contributed by atoms with Gasteiger partial charge in [-0.15, -0.1) is 0 Å². The number of fused-ring (bicyclic) bond motifs is 1. The maximum absolute atomic E-state index is 13.5. The highest BCUT2D eigenvalue weighted by molar-refractivity contribution is 7.82. The zero-order valence-electron chi connectivity index (χ0n) is 28.4. The van der Waals surface area contributed by atoms with Crippen LogP contribution in [0.3, 0.4) is 0 Å². The summed E-state index contributed by atoms with van der Waals surface area (Å²) in [6.45, 7) is 11.3. The summed E-state index contributed by atoms with van der Waals surface area (Å²) in [7, 11) is 0.264. The first-order valence-electron chi connectivity index (χ1n) is 16.8. The lowest BCUT2D eigenvalue weighted by Crippen LogP contribution is -2.46. The molecule has 3 aliphatic heterocycles. The van der Waals surface area contributed by atoms with E-state index in [1.54, 1.807) is 11.9 Å². The van der Waals surface area contributed by atoms with Gasteiger partial charge in [-0.25, -0.2) is 13.3 Å². The molecule has 2 N–H and O–H groups in total. The molecule has 2 saturated heterocycles. The molecule has 48 heavy (non-hydrogen) atoms. The number of likely N-dealkylation sites (N-methyl/N-ethyl adjacent to an activating group) is 1. The Bertz CT molecular complexity index is 1510. The van der Waals surface area contributed by atoms with Crippen molar-refractivity contribution in [3.8, 4) is 0 Å². The van der Waals surface area contributed by atoms with Gasteiger partial charge in [-0.3, -0.25) is 14.5 Å². The topological polar surface area (TPSA) is 132 Å². The lowest BCUT2D eigenvalue weighted by atomic mass is 10.1. The fourth-order valence-corrected chi connectivity index (χ4v) is 7.85. The van der Waals surface area contributed by atoms with Crippen molar-refractivity contribution in [3.05, 3.63) is 59.2 Å². The van der Waals surface area contributed by atoms with Gasteiger partial charge in [0.25, 0.3) is 5.91 Å². The molecule has 3 amide bonds. The second-order valence-corrected chi connectivity index (χ2v) is 15.1. The average Bonchev–Trinajstić information content (AvgIpc) is 3.39. The molecule has 260 valence electrons. The fourth-order valence-electron chi connectivity index (χ4n) is 6.56. The highest BCUT2D eigenvalue weighted by atomic mass is 32.2. The second-order valence-electron chi connectivity index (χ2n) is 13.7. The molecule has 2 fully saturated rings. The van der Waals surface area contributed by atoms with Crippen molar-refractivity contribution in [2.45, 2.75) is 82.1 Å². The summed E-state index contributed by atoms with van der Waals surface area (Å²) < 4.78 is 20.8. The van der Waals surface area contributed by atoms with Gasteiger partial charge >= 0.3 is 6.09 Å². The first-order chi connectivity index (χ1) is 23.0. The molecule has 0 bridgehead atoms. The van der Waals surface area contributed by atoms with Crippen molar-refractivity contribution in [3.63, 3.8) is 0 Å². The zero-order chi connectivity index (χ0) is 34.4. The molecule has 3 heterocycles. The Morgan fingerprint density at radius 1 is 1.04 bits per heavy atom. The van der Waals surface area contributed by atoms with Crippen LogP contribution in [-0.4, -0.2) is 107 Å². The molecule has 2 unspecified atom stereocenters. The normalized spacial score (nSPS) is 19.0. The number of piperidine rings is 1. The lowest BCUT2D eigenvalue weighted by Gasteiger charge is -2.36. The second kappa shape index (κ2) is 15.6. The molecule has 0 aliphatic carbocycles. The quantitative estimate of drug-likeness (QED) is 0.347. The molecule has 0 spiro atoms. The Labute approximate surface area is 285 Å². The van der Waals surface area contributed by atoms with Crippen LogP contribution in [-0.2, 0) is 38.4 Å². The molecule has 2 aromatic rings. The van der Waals surface area contributed by atoms with Gasteiger partial charge in [-0.1, -0.05) is 12.1 Å².